The number of ether oxygens (including phenoxy) is 4. The molecule has 2 heterocycles. The number of nitrogens with zero attached hydrogens (tertiary/aromatic N) is 1. The predicted octanol–water partition coefficient (Wildman–Crippen LogP) is 2.60. The quantitative estimate of drug-likeness (QED) is 0.756. The molecule has 7 heteroatoms. The van der Waals surface area contributed by atoms with Crippen LogP contribution in [0.15, 0.2) is 36.4 Å². The van der Waals surface area contributed by atoms with Crippen molar-refractivity contribution in [2.75, 3.05) is 31.8 Å². The first-order valence-corrected chi connectivity index (χ1v) is 9.16. The van der Waals surface area contributed by atoms with Crippen molar-refractivity contribution in [1.82, 2.24) is 0 Å². The molecule has 1 atom stereocenters. The lowest BCUT2D eigenvalue weighted by atomic mass is 10.1. The zero-order valence-electron chi connectivity index (χ0n) is 15.8. The van der Waals surface area contributed by atoms with E-state index in [9.17, 15) is 9.59 Å². The van der Waals surface area contributed by atoms with Crippen LogP contribution in [0.1, 0.15) is 22.8 Å². The molecule has 0 spiro atoms. The second kappa shape index (κ2) is 7.42. The maximum absolute atomic E-state index is 12.8. The third-order valence-corrected chi connectivity index (χ3v) is 4.85. The van der Waals surface area contributed by atoms with Crippen LogP contribution in [0.4, 0.5) is 5.69 Å². The van der Waals surface area contributed by atoms with E-state index in [1.807, 2.05) is 24.3 Å². The van der Waals surface area contributed by atoms with Crippen LogP contribution < -0.4 is 19.1 Å². The lowest BCUT2D eigenvalue weighted by Gasteiger charge is -2.23. The molecule has 0 aromatic heterocycles. The van der Waals surface area contributed by atoms with E-state index >= 15 is 0 Å². The highest BCUT2D eigenvalue weighted by molar-refractivity contribution is 6.00. The Hall–Kier alpha value is -3.22. The van der Waals surface area contributed by atoms with Crippen LogP contribution in [0.3, 0.4) is 0 Å². The fourth-order valence-electron chi connectivity index (χ4n) is 3.46. The zero-order chi connectivity index (χ0) is 19.7. The fourth-order valence-corrected chi connectivity index (χ4v) is 3.46. The molecule has 4 rings (SSSR count). The number of methoxy groups -OCH3 is 1. The topological polar surface area (TPSA) is 74.3 Å². The number of hydrogen-bond acceptors (Lipinski definition) is 6. The summed E-state index contributed by atoms with van der Waals surface area (Å²) in [6.07, 6.45) is -0.125. The van der Waals surface area contributed by atoms with E-state index in [-0.39, 0.29) is 11.5 Å². The maximum Gasteiger partial charge on any atom is 0.339 e. The fraction of sp³-hybridized carbons (Fsp3) is 0.333. The smallest absolute Gasteiger partial charge is 0.339 e. The van der Waals surface area contributed by atoms with Crippen LogP contribution in [0.5, 0.6) is 17.2 Å². The van der Waals surface area contributed by atoms with Gasteiger partial charge >= 0.3 is 5.97 Å². The number of hydrogen-bond donors (Lipinski definition) is 0. The lowest BCUT2D eigenvalue weighted by Crippen LogP contribution is -2.39. The van der Waals surface area contributed by atoms with E-state index < -0.39 is 12.1 Å². The van der Waals surface area contributed by atoms with Gasteiger partial charge in [0, 0.05) is 12.2 Å². The van der Waals surface area contributed by atoms with Crippen LogP contribution in [0.25, 0.3) is 0 Å². The van der Waals surface area contributed by atoms with Gasteiger partial charge in [-0.05, 0) is 37.1 Å². The van der Waals surface area contributed by atoms with Gasteiger partial charge in [-0.15, -0.1) is 0 Å². The van der Waals surface area contributed by atoms with Gasteiger partial charge in [0.2, 0.25) is 5.75 Å². The van der Waals surface area contributed by atoms with Gasteiger partial charge in [-0.3, -0.25) is 4.79 Å². The molecule has 0 saturated heterocycles. The third kappa shape index (κ3) is 3.24. The first kappa shape index (κ1) is 18.2. The van der Waals surface area contributed by atoms with Gasteiger partial charge < -0.3 is 23.8 Å². The van der Waals surface area contributed by atoms with Crippen LogP contribution in [-0.4, -0.2) is 44.8 Å². The second-order valence-electron chi connectivity index (χ2n) is 6.62. The van der Waals surface area contributed by atoms with Crippen molar-refractivity contribution < 1.29 is 28.5 Å². The van der Waals surface area contributed by atoms with Crippen LogP contribution in [0, 0.1) is 0 Å². The number of esters is 1. The van der Waals surface area contributed by atoms with E-state index in [2.05, 4.69) is 0 Å². The Labute approximate surface area is 162 Å². The minimum absolute atomic E-state index is 0.238. The Morgan fingerprint density at radius 1 is 1.14 bits per heavy atom. The van der Waals surface area contributed by atoms with Crippen LogP contribution >= 0.6 is 0 Å². The Balaban J connectivity index is 1.50. The van der Waals surface area contributed by atoms with Crippen molar-refractivity contribution in [3.63, 3.8) is 0 Å². The monoisotopic (exact) mass is 383 g/mol. The highest BCUT2D eigenvalue weighted by Crippen LogP contribution is 2.40. The molecule has 0 bridgehead atoms. The van der Waals surface area contributed by atoms with Gasteiger partial charge in [-0.1, -0.05) is 18.2 Å². The number of rotatable bonds is 4. The maximum atomic E-state index is 12.8. The van der Waals surface area contributed by atoms with Crippen molar-refractivity contribution >= 4 is 17.6 Å². The average Bonchev–Trinajstić information content (AvgIpc) is 3.16. The van der Waals surface area contributed by atoms with Crippen molar-refractivity contribution in [3.8, 4) is 17.2 Å². The van der Waals surface area contributed by atoms with Crippen LogP contribution in [-0.2, 0) is 16.0 Å². The van der Waals surface area contributed by atoms with E-state index in [1.165, 1.54) is 13.2 Å². The molecule has 0 saturated carbocycles. The van der Waals surface area contributed by atoms with Crippen LogP contribution in [0.2, 0.25) is 0 Å². The SMILES string of the molecule is COc1cc(C(=O)O[C@H](C)C(=O)N2CCc3ccccc32)cc2c1OCCO2. The van der Waals surface area contributed by atoms with Gasteiger partial charge in [-0.2, -0.15) is 0 Å². The Morgan fingerprint density at radius 2 is 1.93 bits per heavy atom. The standard InChI is InChI=1S/C21H21NO6/c1-13(20(23)22-8-7-14-5-3-4-6-16(14)22)28-21(24)15-11-17(25-2)19-18(12-15)26-9-10-27-19/h3-6,11-13H,7-10H2,1-2H3/t13-/m1/s1. The molecular weight excluding hydrogens is 362 g/mol. The summed E-state index contributed by atoms with van der Waals surface area (Å²) in [5, 5.41) is 0. The Kier molecular flexibility index (Phi) is 4.81. The van der Waals surface area contributed by atoms with E-state index in [1.54, 1.807) is 17.9 Å². The minimum atomic E-state index is -0.919. The summed E-state index contributed by atoms with van der Waals surface area (Å²) in [6.45, 7) is 2.96. The predicted molar refractivity (Wildman–Crippen MR) is 101 cm³/mol. The summed E-state index contributed by atoms with van der Waals surface area (Å²) < 4.78 is 21.8. The van der Waals surface area contributed by atoms with Gasteiger partial charge in [-0.25, -0.2) is 4.79 Å². The molecule has 146 valence electrons. The molecule has 0 radical (unpaired) electrons. The highest BCUT2D eigenvalue weighted by atomic mass is 16.6. The normalized spacial score (nSPS) is 15.6. The first-order chi connectivity index (χ1) is 13.6. The number of amides is 1. The molecule has 2 aliphatic heterocycles. The largest absolute Gasteiger partial charge is 0.493 e. The first-order valence-electron chi connectivity index (χ1n) is 9.16. The van der Waals surface area contributed by atoms with Crippen molar-refractivity contribution in [1.29, 1.82) is 0 Å². The molecular formula is C21H21NO6. The molecule has 2 aromatic rings. The third-order valence-electron chi connectivity index (χ3n) is 4.85. The molecule has 0 N–H and O–H groups in total. The molecule has 28 heavy (non-hydrogen) atoms. The molecule has 7 nitrogen and oxygen atoms in total. The van der Waals surface area contributed by atoms with E-state index in [0.29, 0.717) is 37.0 Å². The number of benzene rings is 2. The number of para-hydroxylation sites is 1. The number of anilines is 1. The van der Waals surface area contributed by atoms with E-state index in [4.69, 9.17) is 18.9 Å². The number of carbonyl (C=O) groups excluding carboxylic acids is 2. The summed E-state index contributed by atoms with van der Waals surface area (Å²) in [7, 11) is 1.49. The minimum Gasteiger partial charge on any atom is -0.493 e. The summed E-state index contributed by atoms with van der Waals surface area (Å²) in [5.41, 5.74) is 2.23. The molecule has 2 aliphatic rings. The van der Waals surface area contributed by atoms with Gasteiger partial charge in [0.05, 0.1) is 12.7 Å². The molecule has 1 amide bonds. The Bertz CT molecular complexity index is 908. The van der Waals surface area contributed by atoms with Crippen molar-refractivity contribution in [3.05, 3.63) is 47.5 Å². The Morgan fingerprint density at radius 3 is 2.75 bits per heavy atom. The summed E-state index contributed by atoms with van der Waals surface area (Å²) >= 11 is 0. The molecule has 0 fully saturated rings. The zero-order valence-corrected chi connectivity index (χ0v) is 15.8. The molecule has 2 aromatic carbocycles. The van der Waals surface area contributed by atoms with Crippen molar-refractivity contribution in [2.24, 2.45) is 0 Å². The summed E-state index contributed by atoms with van der Waals surface area (Å²) in [6, 6.07) is 10.8. The van der Waals surface area contributed by atoms with Crippen molar-refractivity contribution in [2.45, 2.75) is 19.4 Å². The summed E-state index contributed by atoms with van der Waals surface area (Å²) in [4.78, 5) is 27.1. The van der Waals surface area contributed by atoms with Gasteiger partial charge in [0.1, 0.15) is 13.2 Å². The van der Waals surface area contributed by atoms with E-state index in [0.717, 1.165) is 17.7 Å². The molecule has 0 unspecified atom stereocenters. The highest BCUT2D eigenvalue weighted by Gasteiger charge is 2.30. The number of carbonyl (C=O) groups is 2. The number of fused-ring (bicyclic) bond motifs is 2. The van der Waals surface area contributed by atoms with Gasteiger partial charge in [0.25, 0.3) is 5.91 Å². The lowest BCUT2D eigenvalue weighted by molar-refractivity contribution is -0.126. The summed E-state index contributed by atoms with van der Waals surface area (Å²) in [5.74, 6) is 0.399. The molecule has 0 aliphatic carbocycles. The van der Waals surface area contributed by atoms with Gasteiger partial charge in [0.15, 0.2) is 17.6 Å². The second-order valence-corrected chi connectivity index (χ2v) is 6.62. The average molecular weight is 383 g/mol.